The molecule has 0 radical (unpaired) electrons. The lowest BCUT2D eigenvalue weighted by Crippen LogP contribution is -2.48. The van der Waals surface area contributed by atoms with Crippen LogP contribution in [0.4, 0.5) is 5.82 Å². The van der Waals surface area contributed by atoms with Crippen LogP contribution in [0.1, 0.15) is 26.7 Å². The first-order valence-electron chi connectivity index (χ1n) is 11.3. The molecule has 2 aromatic rings. The van der Waals surface area contributed by atoms with Crippen LogP contribution in [0.2, 0.25) is 5.02 Å². The lowest BCUT2D eigenvalue weighted by atomic mass is 10.1. The van der Waals surface area contributed by atoms with Gasteiger partial charge in [-0.1, -0.05) is 23.4 Å². The van der Waals surface area contributed by atoms with Crippen molar-refractivity contribution in [2.75, 3.05) is 57.3 Å². The Morgan fingerprint density at radius 2 is 1.84 bits per heavy atom. The molecule has 2 aliphatic rings. The highest BCUT2D eigenvalue weighted by molar-refractivity contribution is 6.31. The van der Waals surface area contributed by atoms with Gasteiger partial charge in [0.1, 0.15) is 18.8 Å². The van der Waals surface area contributed by atoms with E-state index in [0.717, 1.165) is 75.4 Å². The van der Waals surface area contributed by atoms with E-state index in [4.69, 9.17) is 16.3 Å². The smallest absolute Gasteiger partial charge is 0.139 e. The van der Waals surface area contributed by atoms with Crippen LogP contribution in [-0.2, 0) is 4.74 Å². The molecule has 0 spiro atoms. The number of hydrogen-bond donors (Lipinski definition) is 0. The average molecular weight is 442 g/mol. The van der Waals surface area contributed by atoms with E-state index < -0.39 is 0 Å². The normalized spacial score (nSPS) is 19.0. The number of nitrogens with zero attached hydrogens (tertiary/aromatic N) is 5. The second-order valence-electron chi connectivity index (χ2n) is 8.62. The van der Waals surface area contributed by atoms with Crippen molar-refractivity contribution in [1.29, 1.82) is 0 Å². The van der Waals surface area contributed by atoms with Crippen LogP contribution < -0.4 is 4.90 Å². The monoisotopic (exact) mass is 441 g/mol. The predicted octanol–water partition coefficient (Wildman–Crippen LogP) is 3.30. The van der Waals surface area contributed by atoms with Gasteiger partial charge in [-0.25, -0.2) is 9.97 Å². The number of benzene rings is 1. The molecule has 166 valence electrons. The Labute approximate surface area is 190 Å². The summed E-state index contributed by atoms with van der Waals surface area (Å²) in [5.74, 6) is 7.46. The molecular weight excluding hydrogens is 410 g/mol. The number of rotatable bonds is 5. The zero-order valence-corrected chi connectivity index (χ0v) is 19.3. The lowest BCUT2D eigenvalue weighted by Gasteiger charge is -2.36. The number of ether oxygens (including phenoxy) is 1. The number of fused-ring (bicyclic) bond motifs is 1. The maximum absolute atomic E-state index is 6.19. The van der Waals surface area contributed by atoms with Gasteiger partial charge in [0.05, 0.1) is 18.2 Å². The van der Waals surface area contributed by atoms with Crippen molar-refractivity contribution in [2.45, 2.75) is 38.8 Å². The molecule has 0 amide bonds. The van der Waals surface area contributed by atoms with Gasteiger partial charge < -0.3 is 9.64 Å². The van der Waals surface area contributed by atoms with E-state index in [0.29, 0.717) is 17.7 Å². The first-order valence-corrected chi connectivity index (χ1v) is 11.7. The van der Waals surface area contributed by atoms with Crippen molar-refractivity contribution in [1.82, 2.24) is 19.8 Å². The van der Waals surface area contributed by atoms with E-state index in [-0.39, 0.29) is 6.10 Å². The highest BCUT2D eigenvalue weighted by atomic mass is 35.5. The average Bonchev–Trinajstić information content (AvgIpc) is 2.79. The Morgan fingerprint density at radius 3 is 2.58 bits per heavy atom. The van der Waals surface area contributed by atoms with Crippen molar-refractivity contribution in [3.63, 3.8) is 0 Å². The largest absolute Gasteiger partial charge is 0.365 e. The van der Waals surface area contributed by atoms with Crippen LogP contribution in [0.15, 0.2) is 24.5 Å². The number of halogens is 1. The van der Waals surface area contributed by atoms with Crippen molar-refractivity contribution >= 4 is 28.3 Å². The Morgan fingerprint density at radius 1 is 1.06 bits per heavy atom. The summed E-state index contributed by atoms with van der Waals surface area (Å²) < 4.78 is 6.03. The summed E-state index contributed by atoms with van der Waals surface area (Å²) in [4.78, 5) is 16.1. The molecule has 2 fully saturated rings. The molecular formula is C24H32ClN5O. The number of anilines is 1. The highest BCUT2D eigenvalue weighted by Crippen LogP contribution is 2.28. The molecule has 0 bridgehead atoms. The highest BCUT2D eigenvalue weighted by Gasteiger charge is 2.22. The lowest BCUT2D eigenvalue weighted by molar-refractivity contribution is 0.0593. The standard InChI is InChI=1S/C24H32ClN5O/c1-19(2)29-14-12-28(13-15-29)9-3-4-16-31-21-7-10-30(11-8-21)24-22-17-20(25)5-6-23(22)26-18-27-24/h5-6,17-19,21H,7-16H2,1-2H3. The first-order chi connectivity index (χ1) is 15.1. The van der Waals surface area contributed by atoms with Gasteiger partial charge in [-0.2, -0.15) is 0 Å². The molecule has 7 heteroatoms. The van der Waals surface area contributed by atoms with Gasteiger partial charge in [-0.3, -0.25) is 9.80 Å². The molecule has 4 rings (SSSR count). The summed E-state index contributed by atoms with van der Waals surface area (Å²) in [6.45, 7) is 12.2. The van der Waals surface area contributed by atoms with Crippen LogP contribution in [-0.4, -0.2) is 84.3 Å². The molecule has 0 unspecified atom stereocenters. The van der Waals surface area contributed by atoms with Gasteiger partial charge in [-0.05, 0) is 44.9 Å². The topological polar surface area (TPSA) is 44.7 Å². The fourth-order valence-corrected chi connectivity index (χ4v) is 4.49. The molecule has 6 nitrogen and oxygen atoms in total. The Kier molecular flexibility index (Phi) is 7.62. The second kappa shape index (κ2) is 10.6. The molecule has 2 aliphatic heterocycles. The molecule has 1 aromatic carbocycles. The molecule has 0 saturated carbocycles. The quantitative estimate of drug-likeness (QED) is 0.663. The van der Waals surface area contributed by atoms with E-state index in [2.05, 4.69) is 50.4 Å². The van der Waals surface area contributed by atoms with Crippen LogP contribution >= 0.6 is 11.6 Å². The minimum absolute atomic E-state index is 0.261. The van der Waals surface area contributed by atoms with Gasteiger partial charge in [0.2, 0.25) is 0 Å². The predicted molar refractivity (Wildman–Crippen MR) is 127 cm³/mol. The SMILES string of the molecule is CC(C)N1CCN(CC#CCOC2CCN(c3ncnc4ccc(Cl)cc34)CC2)CC1. The van der Waals surface area contributed by atoms with E-state index in [1.807, 2.05) is 18.2 Å². The van der Waals surface area contributed by atoms with Gasteiger partial charge in [-0.15, -0.1) is 0 Å². The summed E-state index contributed by atoms with van der Waals surface area (Å²) in [5, 5.41) is 1.72. The third-order valence-electron chi connectivity index (χ3n) is 6.27. The van der Waals surface area contributed by atoms with E-state index in [9.17, 15) is 0 Å². The Bertz CT molecular complexity index is 924. The zero-order valence-electron chi connectivity index (χ0n) is 18.6. The zero-order chi connectivity index (χ0) is 21.6. The molecule has 0 atom stereocenters. The maximum Gasteiger partial charge on any atom is 0.139 e. The Balaban J connectivity index is 1.20. The molecule has 2 saturated heterocycles. The van der Waals surface area contributed by atoms with Crippen LogP contribution in [0.3, 0.4) is 0 Å². The number of piperidine rings is 1. The van der Waals surface area contributed by atoms with Gasteiger partial charge in [0, 0.05) is 55.7 Å². The number of piperazine rings is 1. The minimum atomic E-state index is 0.261. The van der Waals surface area contributed by atoms with Gasteiger partial charge >= 0.3 is 0 Å². The summed E-state index contributed by atoms with van der Waals surface area (Å²) in [6.07, 6.45) is 3.85. The maximum atomic E-state index is 6.19. The first kappa shape index (κ1) is 22.3. The summed E-state index contributed by atoms with van der Waals surface area (Å²) in [7, 11) is 0. The Hall–Kier alpha value is -1.91. The van der Waals surface area contributed by atoms with Crippen LogP contribution in [0, 0.1) is 11.8 Å². The third kappa shape index (κ3) is 5.87. The van der Waals surface area contributed by atoms with E-state index in [1.165, 1.54) is 0 Å². The summed E-state index contributed by atoms with van der Waals surface area (Å²) >= 11 is 6.19. The summed E-state index contributed by atoms with van der Waals surface area (Å²) in [6, 6.07) is 6.40. The van der Waals surface area contributed by atoms with Gasteiger partial charge in [0.15, 0.2) is 0 Å². The molecule has 0 N–H and O–H groups in total. The van der Waals surface area contributed by atoms with Crippen molar-refractivity contribution in [2.24, 2.45) is 0 Å². The number of hydrogen-bond acceptors (Lipinski definition) is 6. The molecule has 1 aromatic heterocycles. The van der Waals surface area contributed by atoms with E-state index in [1.54, 1.807) is 6.33 Å². The third-order valence-corrected chi connectivity index (χ3v) is 6.51. The molecule has 0 aliphatic carbocycles. The van der Waals surface area contributed by atoms with E-state index >= 15 is 0 Å². The van der Waals surface area contributed by atoms with Gasteiger partial charge in [0.25, 0.3) is 0 Å². The molecule has 31 heavy (non-hydrogen) atoms. The van der Waals surface area contributed by atoms with Crippen molar-refractivity contribution in [3.8, 4) is 11.8 Å². The summed E-state index contributed by atoms with van der Waals surface area (Å²) in [5.41, 5.74) is 0.925. The fraction of sp³-hybridized carbons (Fsp3) is 0.583. The van der Waals surface area contributed by atoms with Crippen molar-refractivity contribution in [3.05, 3.63) is 29.5 Å². The van der Waals surface area contributed by atoms with Crippen LogP contribution in [0.25, 0.3) is 10.9 Å². The van der Waals surface area contributed by atoms with Crippen LogP contribution in [0.5, 0.6) is 0 Å². The number of aromatic nitrogens is 2. The second-order valence-corrected chi connectivity index (χ2v) is 9.05. The fourth-order valence-electron chi connectivity index (χ4n) is 4.32. The van der Waals surface area contributed by atoms with Crippen molar-refractivity contribution < 1.29 is 4.74 Å². The minimum Gasteiger partial charge on any atom is -0.365 e. The molecule has 3 heterocycles.